The Hall–Kier alpha value is -2.37. The molecular weight excluding hydrogens is 238 g/mol. The van der Waals surface area contributed by atoms with E-state index in [1.54, 1.807) is 19.1 Å². The number of benzene rings is 1. The third kappa shape index (κ3) is 3.58. The van der Waals surface area contributed by atoms with E-state index in [0.29, 0.717) is 0 Å². The van der Waals surface area contributed by atoms with E-state index < -0.39 is 10.9 Å². The molecular formula is C12H13NO5. The molecule has 0 aliphatic carbocycles. The van der Waals surface area contributed by atoms with Crippen molar-refractivity contribution in [1.82, 2.24) is 0 Å². The highest BCUT2D eigenvalue weighted by atomic mass is 16.6. The second-order valence-electron chi connectivity index (χ2n) is 3.73. The maximum Gasteiger partial charge on any atom is 0.331 e. The molecule has 0 saturated heterocycles. The lowest BCUT2D eigenvalue weighted by atomic mass is 10.2. The molecule has 0 atom stereocenters. The Labute approximate surface area is 104 Å². The van der Waals surface area contributed by atoms with E-state index in [0.717, 1.165) is 5.56 Å². The normalized spacial score (nSPS) is 11.1. The van der Waals surface area contributed by atoms with Crippen molar-refractivity contribution in [3.05, 3.63) is 45.5 Å². The molecule has 6 heteroatoms. The number of rotatable bonds is 5. The highest BCUT2D eigenvalue weighted by molar-refractivity contribution is 5.85. The molecule has 0 aliphatic heterocycles. The molecule has 1 aromatic rings. The Morgan fingerprint density at radius 2 is 2.22 bits per heavy atom. The smallest absolute Gasteiger partial charge is 0.331 e. The number of hydrogen-bond acceptors (Lipinski definition) is 4. The van der Waals surface area contributed by atoms with Gasteiger partial charge in [0, 0.05) is 11.6 Å². The number of aliphatic carboxylic acids is 1. The molecule has 0 spiro atoms. The van der Waals surface area contributed by atoms with E-state index in [4.69, 9.17) is 9.84 Å². The van der Waals surface area contributed by atoms with Crippen LogP contribution in [0.3, 0.4) is 0 Å². The summed E-state index contributed by atoms with van der Waals surface area (Å²) >= 11 is 0. The SMILES string of the molecule is CC(=CCOc1cc(C)ccc1[N+](=O)[O-])C(=O)O. The Balaban J connectivity index is 2.84. The highest BCUT2D eigenvalue weighted by Gasteiger charge is 2.14. The molecule has 18 heavy (non-hydrogen) atoms. The molecule has 0 aromatic heterocycles. The summed E-state index contributed by atoms with van der Waals surface area (Å²) in [5.41, 5.74) is 0.821. The zero-order chi connectivity index (χ0) is 13.7. The van der Waals surface area contributed by atoms with Gasteiger partial charge in [-0.05, 0) is 31.6 Å². The number of carboxylic acid groups (broad SMARTS) is 1. The van der Waals surface area contributed by atoms with Gasteiger partial charge in [-0.2, -0.15) is 0 Å². The summed E-state index contributed by atoms with van der Waals surface area (Å²) in [7, 11) is 0. The van der Waals surface area contributed by atoms with E-state index in [1.807, 2.05) is 0 Å². The Kier molecular flexibility index (Phi) is 4.42. The van der Waals surface area contributed by atoms with Crippen LogP contribution in [0.25, 0.3) is 0 Å². The van der Waals surface area contributed by atoms with E-state index in [-0.39, 0.29) is 23.6 Å². The topological polar surface area (TPSA) is 89.7 Å². The first kappa shape index (κ1) is 13.7. The number of hydrogen-bond donors (Lipinski definition) is 1. The minimum absolute atomic E-state index is 0.0254. The van der Waals surface area contributed by atoms with Crippen LogP contribution in [0.1, 0.15) is 12.5 Å². The zero-order valence-corrected chi connectivity index (χ0v) is 10.0. The van der Waals surface area contributed by atoms with E-state index >= 15 is 0 Å². The summed E-state index contributed by atoms with van der Waals surface area (Å²) in [6.07, 6.45) is 1.36. The lowest BCUT2D eigenvalue weighted by Gasteiger charge is -2.05. The molecule has 0 heterocycles. The summed E-state index contributed by atoms with van der Waals surface area (Å²) in [5.74, 6) is -0.910. The second kappa shape index (κ2) is 5.81. The third-order valence-corrected chi connectivity index (χ3v) is 2.28. The predicted octanol–water partition coefficient (Wildman–Crippen LogP) is 2.31. The molecule has 0 bridgehead atoms. The van der Waals surface area contributed by atoms with Crippen LogP contribution in [0, 0.1) is 17.0 Å². The fourth-order valence-corrected chi connectivity index (χ4v) is 1.23. The van der Waals surface area contributed by atoms with Gasteiger partial charge in [-0.3, -0.25) is 10.1 Å². The molecule has 0 aliphatic rings. The van der Waals surface area contributed by atoms with Gasteiger partial charge in [0.15, 0.2) is 5.75 Å². The second-order valence-corrected chi connectivity index (χ2v) is 3.73. The molecule has 1 rings (SSSR count). The molecule has 0 fully saturated rings. The van der Waals surface area contributed by atoms with Crippen LogP contribution in [-0.2, 0) is 4.79 Å². The molecule has 0 saturated carbocycles. The maximum absolute atomic E-state index is 10.8. The lowest BCUT2D eigenvalue weighted by molar-refractivity contribution is -0.385. The van der Waals surface area contributed by atoms with Gasteiger partial charge in [0.05, 0.1) is 4.92 Å². The van der Waals surface area contributed by atoms with Gasteiger partial charge in [-0.1, -0.05) is 6.07 Å². The van der Waals surface area contributed by atoms with Crippen molar-refractivity contribution in [3.8, 4) is 5.75 Å². The summed E-state index contributed by atoms with van der Waals surface area (Å²) in [6, 6.07) is 4.52. The predicted molar refractivity (Wildman–Crippen MR) is 64.7 cm³/mol. The van der Waals surface area contributed by atoms with Crippen LogP contribution in [0.5, 0.6) is 5.75 Å². The van der Waals surface area contributed by atoms with Gasteiger partial charge >= 0.3 is 11.7 Å². The Bertz CT molecular complexity index is 507. The highest BCUT2D eigenvalue weighted by Crippen LogP contribution is 2.27. The summed E-state index contributed by atoms with van der Waals surface area (Å²) in [5, 5.41) is 19.4. The minimum atomic E-state index is -1.04. The summed E-state index contributed by atoms with van der Waals surface area (Å²) < 4.78 is 5.22. The molecule has 1 aromatic carbocycles. The van der Waals surface area contributed by atoms with Crippen molar-refractivity contribution < 1.29 is 19.6 Å². The van der Waals surface area contributed by atoms with Gasteiger partial charge < -0.3 is 9.84 Å². The minimum Gasteiger partial charge on any atom is -0.483 e. The molecule has 0 radical (unpaired) electrons. The number of carbonyl (C=O) groups is 1. The molecule has 0 unspecified atom stereocenters. The lowest BCUT2D eigenvalue weighted by Crippen LogP contribution is -2.02. The van der Waals surface area contributed by atoms with E-state index in [1.165, 1.54) is 19.1 Å². The van der Waals surface area contributed by atoms with Crippen molar-refractivity contribution in [2.75, 3.05) is 6.61 Å². The van der Waals surface area contributed by atoms with Crippen molar-refractivity contribution >= 4 is 11.7 Å². The number of nitrogens with zero attached hydrogens (tertiary/aromatic N) is 1. The van der Waals surface area contributed by atoms with Crippen LogP contribution in [0.4, 0.5) is 5.69 Å². The first-order valence-corrected chi connectivity index (χ1v) is 5.19. The average molecular weight is 251 g/mol. The van der Waals surface area contributed by atoms with Crippen LogP contribution in [0.2, 0.25) is 0 Å². The quantitative estimate of drug-likeness (QED) is 0.492. The zero-order valence-electron chi connectivity index (χ0n) is 10.0. The molecule has 0 amide bonds. The fourth-order valence-electron chi connectivity index (χ4n) is 1.23. The van der Waals surface area contributed by atoms with Gasteiger partial charge in [-0.15, -0.1) is 0 Å². The van der Waals surface area contributed by atoms with Crippen LogP contribution in [-0.4, -0.2) is 22.6 Å². The number of nitro groups is 1. The van der Waals surface area contributed by atoms with Crippen molar-refractivity contribution in [2.24, 2.45) is 0 Å². The fraction of sp³-hybridized carbons (Fsp3) is 0.250. The van der Waals surface area contributed by atoms with Crippen LogP contribution < -0.4 is 4.74 Å². The van der Waals surface area contributed by atoms with Gasteiger partial charge in [-0.25, -0.2) is 4.79 Å². The number of nitro benzene ring substituents is 1. The van der Waals surface area contributed by atoms with E-state index in [2.05, 4.69) is 0 Å². The maximum atomic E-state index is 10.8. The monoisotopic (exact) mass is 251 g/mol. The largest absolute Gasteiger partial charge is 0.483 e. The number of carboxylic acids is 1. The van der Waals surface area contributed by atoms with Gasteiger partial charge in [0.25, 0.3) is 0 Å². The van der Waals surface area contributed by atoms with Crippen molar-refractivity contribution in [2.45, 2.75) is 13.8 Å². The first-order chi connectivity index (χ1) is 8.41. The average Bonchev–Trinajstić information content (AvgIpc) is 2.28. The van der Waals surface area contributed by atoms with Gasteiger partial charge in [0.2, 0.25) is 0 Å². The third-order valence-electron chi connectivity index (χ3n) is 2.28. The van der Waals surface area contributed by atoms with Crippen molar-refractivity contribution in [1.29, 1.82) is 0 Å². The number of ether oxygens (including phenoxy) is 1. The Morgan fingerprint density at radius 3 is 2.78 bits per heavy atom. The molecule has 96 valence electrons. The Morgan fingerprint density at radius 1 is 1.56 bits per heavy atom. The van der Waals surface area contributed by atoms with Crippen molar-refractivity contribution in [3.63, 3.8) is 0 Å². The van der Waals surface area contributed by atoms with Gasteiger partial charge in [0.1, 0.15) is 6.61 Å². The molecule has 1 N–H and O–H groups in total. The molecule has 6 nitrogen and oxygen atoms in total. The van der Waals surface area contributed by atoms with E-state index in [9.17, 15) is 14.9 Å². The summed E-state index contributed by atoms with van der Waals surface area (Å²) in [6.45, 7) is 3.19. The standard InChI is InChI=1S/C12H13NO5/c1-8-3-4-10(13(16)17)11(7-8)18-6-5-9(2)12(14)15/h3-5,7H,6H2,1-2H3,(H,14,15). The number of aryl methyl sites for hydroxylation is 1. The van der Waals surface area contributed by atoms with Crippen LogP contribution in [0.15, 0.2) is 29.8 Å². The first-order valence-electron chi connectivity index (χ1n) is 5.19. The summed E-state index contributed by atoms with van der Waals surface area (Å²) in [4.78, 5) is 20.8. The van der Waals surface area contributed by atoms with Crippen LogP contribution >= 0.6 is 0 Å².